The molecule has 160 valence electrons. The van der Waals surface area contributed by atoms with Crippen LogP contribution in [0.4, 0.5) is 5.69 Å². The Morgan fingerprint density at radius 1 is 0.848 bits per heavy atom. The van der Waals surface area contributed by atoms with Crippen LogP contribution in [-0.4, -0.2) is 11.9 Å². The lowest BCUT2D eigenvalue weighted by molar-refractivity contribution is -0.152. The molecular formula is C26H15NO6. The first-order chi connectivity index (χ1) is 16.1. The van der Waals surface area contributed by atoms with Crippen LogP contribution in [0.25, 0.3) is 11.0 Å². The van der Waals surface area contributed by atoms with Crippen LogP contribution in [0.15, 0.2) is 82.0 Å². The minimum Gasteiger partial charge on any atom is -0.483 e. The number of amides is 1. The second-order valence-electron chi connectivity index (χ2n) is 8.37. The number of hydrogen-bond acceptors (Lipinski definition) is 6. The Bertz CT molecular complexity index is 1590. The van der Waals surface area contributed by atoms with Gasteiger partial charge in [0.15, 0.2) is 0 Å². The van der Waals surface area contributed by atoms with Crippen molar-refractivity contribution in [3.05, 3.63) is 99.9 Å². The summed E-state index contributed by atoms with van der Waals surface area (Å²) >= 11 is 0. The molecule has 33 heavy (non-hydrogen) atoms. The van der Waals surface area contributed by atoms with Crippen LogP contribution >= 0.6 is 0 Å². The molecule has 3 aliphatic rings. The number of para-hydroxylation sites is 3. The largest absolute Gasteiger partial charge is 0.483 e. The molecule has 1 spiro atoms. The van der Waals surface area contributed by atoms with Gasteiger partial charge in [-0.25, -0.2) is 4.79 Å². The summed E-state index contributed by atoms with van der Waals surface area (Å²) in [6.07, 6.45) is -0.836. The van der Waals surface area contributed by atoms with Crippen molar-refractivity contribution < 1.29 is 23.5 Å². The van der Waals surface area contributed by atoms with Gasteiger partial charge in [-0.2, -0.15) is 0 Å². The molecule has 0 saturated heterocycles. The van der Waals surface area contributed by atoms with Crippen molar-refractivity contribution >= 4 is 28.5 Å². The number of nitrogens with one attached hydrogen (secondary N) is 1. The highest BCUT2D eigenvalue weighted by atomic mass is 16.6. The summed E-state index contributed by atoms with van der Waals surface area (Å²) in [5, 5.41) is 3.42. The zero-order valence-corrected chi connectivity index (χ0v) is 17.0. The Morgan fingerprint density at radius 3 is 2.52 bits per heavy atom. The molecule has 7 rings (SSSR count). The summed E-state index contributed by atoms with van der Waals surface area (Å²) in [6, 6.07) is 21.1. The van der Waals surface area contributed by atoms with E-state index in [4.69, 9.17) is 13.9 Å². The molecule has 4 aromatic rings. The third-order valence-electron chi connectivity index (χ3n) is 6.82. The molecule has 3 aromatic carbocycles. The van der Waals surface area contributed by atoms with Crippen molar-refractivity contribution in [2.24, 2.45) is 5.92 Å². The van der Waals surface area contributed by atoms with E-state index in [-0.39, 0.29) is 11.3 Å². The Balaban J connectivity index is 1.67. The molecule has 1 N–H and O–H groups in total. The average molecular weight is 437 g/mol. The fourth-order valence-corrected chi connectivity index (χ4v) is 5.52. The van der Waals surface area contributed by atoms with E-state index in [1.54, 1.807) is 60.7 Å². The fourth-order valence-electron chi connectivity index (χ4n) is 5.52. The van der Waals surface area contributed by atoms with Crippen molar-refractivity contribution in [1.82, 2.24) is 0 Å². The Morgan fingerprint density at radius 2 is 1.61 bits per heavy atom. The normalized spacial score (nSPS) is 24.2. The number of fused-ring (bicyclic) bond motifs is 10. The summed E-state index contributed by atoms with van der Waals surface area (Å²) in [5.74, 6) is -1.61. The molecular weight excluding hydrogens is 422 g/mol. The van der Waals surface area contributed by atoms with Gasteiger partial charge >= 0.3 is 11.6 Å². The zero-order valence-electron chi connectivity index (χ0n) is 17.0. The predicted molar refractivity (Wildman–Crippen MR) is 117 cm³/mol. The lowest BCUT2D eigenvalue weighted by Gasteiger charge is -2.45. The van der Waals surface area contributed by atoms with E-state index >= 15 is 0 Å². The third kappa shape index (κ3) is 2.11. The fraction of sp³-hybridized carbons (Fsp3) is 0.115. The van der Waals surface area contributed by atoms with Gasteiger partial charge in [-0.15, -0.1) is 0 Å². The standard InChI is InChI=1S/C26H15NO6/c28-23-19-21(13-7-1-5-11-17(13)31-23)33-22-14-8-2-6-12-18(14)32-24(29)20(22)26(19)15-9-3-4-10-16(15)27-25(26)30/h1-12,19,21H,(H,27,30)/t19-,21+,26-/m1/s1. The van der Waals surface area contributed by atoms with E-state index < -0.39 is 34.9 Å². The van der Waals surface area contributed by atoms with E-state index in [9.17, 15) is 14.4 Å². The maximum Gasteiger partial charge on any atom is 0.344 e. The van der Waals surface area contributed by atoms with Gasteiger partial charge in [0.25, 0.3) is 0 Å². The quantitative estimate of drug-likeness (QED) is 0.256. The molecule has 4 heterocycles. The van der Waals surface area contributed by atoms with E-state index in [0.717, 1.165) is 0 Å². The van der Waals surface area contributed by atoms with Crippen LogP contribution in [0.3, 0.4) is 0 Å². The minimum absolute atomic E-state index is 0.0150. The third-order valence-corrected chi connectivity index (χ3v) is 6.82. The van der Waals surface area contributed by atoms with Gasteiger partial charge in [0, 0.05) is 11.3 Å². The van der Waals surface area contributed by atoms with Crippen molar-refractivity contribution in [3.8, 4) is 11.5 Å². The molecule has 3 atom stereocenters. The van der Waals surface area contributed by atoms with Crippen LogP contribution < -0.4 is 20.4 Å². The van der Waals surface area contributed by atoms with Crippen molar-refractivity contribution in [3.63, 3.8) is 0 Å². The van der Waals surface area contributed by atoms with E-state index in [0.29, 0.717) is 33.5 Å². The number of ether oxygens (including phenoxy) is 2. The lowest BCUT2D eigenvalue weighted by Crippen LogP contribution is -2.57. The smallest absolute Gasteiger partial charge is 0.344 e. The number of benzene rings is 3. The molecule has 7 heteroatoms. The molecule has 0 aliphatic carbocycles. The molecule has 1 amide bonds. The molecule has 0 bridgehead atoms. The highest BCUT2D eigenvalue weighted by molar-refractivity contribution is 6.13. The summed E-state index contributed by atoms with van der Waals surface area (Å²) < 4.78 is 17.7. The van der Waals surface area contributed by atoms with Crippen molar-refractivity contribution in [1.29, 1.82) is 0 Å². The molecule has 7 nitrogen and oxygen atoms in total. The second kappa shape index (κ2) is 6.10. The summed E-state index contributed by atoms with van der Waals surface area (Å²) in [4.78, 5) is 40.7. The van der Waals surface area contributed by atoms with Crippen molar-refractivity contribution in [2.75, 3.05) is 5.32 Å². The van der Waals surface area contributed by atoms with Gasteiger partial charge in [-0.1, -0.05) is 48.5 Å². The van der Waals surface area contributed by atoms with E-state index in [2.05, 4.69) is 5.32 Å². The second-order valence-corrected chi connectivity index (χ2v) is 8.37. The minimum atomic E-state index is -1.66. The summed E-state index contributed by atoms with van der Waals surface area (Å²) in [7, 11) is 0. The summed E-state index contributed by atoms with van der Waals surface area (Å²) in [5.41, 5.74) is -0.331. The molecule has 1 aromatic heterocycles. The number of carbonyl (C=O) groups is 2. The van der Waals surface area contributed by atoms with Crippen LogP contribution in [-0.2, 0) is 15.0 Å². The molecule has 0 unspecified atom stereocenters. The van der Waals surface area contributed by atoms with Gasteiger partial charge in [0.1, 0.15) is 40.1 Å². The highest BCUT2D eigenvalue weighted by Crippen LogP contribution is 2.60. The monoisotopic (exact) mass is 437 g/mol. The Hall–Kier alpha value is -4.39. The van der Waals surface area contributed by atoms with Crippen LogP contribution in [0.2, 0.25) is 0 Å². The Kier molecular flexibility index (Phi) is 3.37. The van der Waals surface area contributed by atoms with Gasteiger partial charge in [0.05, 0.1) is 5.39 Å². The molecule has 0 saturated carbocycles. The maximum atomic E-state index is 13.8. The first-order valence-electron chi connectivity index (χ1n) is 10.6. The van der Waals surface area contributed by atoms with Gasteiger partial charge in [0.2, 0.25) is 5.91 Å². The first kappa shape index (κ1) is 18.2. The lowest BCUT2D eigenvalue weighted by atomic mass is 9.61. The number of carbonyl (C=O) groups excluding carboxylic acids is 2. The summed E-state index contributed by atoms with van der Waals surface area (Å²) in [6.45, 7) is 0. The average Bonchev–Trinajstić information content (AvgIpc) is 3.11. The van der Waals surface area contributed by atoms with Crippen LogP contribution in [0.5, 0.6) is 11.5 Å². The first-order valence-corrected chi connectivity index (χ1v) is 10.6. The van der Waals surface area contributed by atoms with E-state index in [1.807, 2.05) is 12.1 Å². The SMILES string of the molecule is O=C1Oc2ccccc2[C@@H]2Oc3c(c(=O)oc4ccccc34)[C@]3(C(=O)Nc4ccccc43)[C@@H]12. The van der Waals surface area contributed by atoms with Gasteiger partial charge in [-0.3, -0.25) is 9.59 Å². The number of anilines is 1. The number of hydrogen-bond donors (Lipinski definition) is 1. The van der Waals surface area contributed by atoms with Crippen LogP contribution in [0, 0.1) is 5.92 Å². The van der Waals surface area contributed by atoms with Crippen LogP contribution in [0.1, 0.15) is 22.8 Å². The Labute approximate surface area is 186 Å². The van der Waals surface area contributed by atoms with E-state index in [1.165, 1.54) is 0 Å². The number of rotatable bonds is 0. The molecule has 0 radical (unpaired) electrons. The number of esters is 1. The van der Waals surface area contributed by atoms with Gasteiger partial charge in [-0.05, 0) is 29.8 Å². The topological polar surface area (TPSA) is 94.8 Å². The van der Waals surface area contributed by atoms with Gasteiger partial charge < -0.3 is 19.2 Å². The van der Waals surface area contributed by atoms with Crippen molar-refractivity contribution in [2.45, 2.75) is 11.5 Å². The predicted octanol–water partition coefficient (Wildman–Crippen LogP) is 3.70. The molecule has 3 aliphatic heterocycles. The zero-order chi connectivity index (χ0) is 22.3. The maximum absolute atomic E-state index is 13.8. The highest BCUT2D eigenvalue weighted by Gasteiger charge is 2.66. The molecule has 0 fully saturated rings.